The summed E-state index contributed by atoms with van der Waals surface area (Å²) in [6, 6.07) is 1.95. The molecule has 1 atom stereocenters. The molecule has 1 unspecified atom stereocenters. The molecular weight excluding hydrogens is 280 g/mol. The number of hydrogen-bond acceptors (Lipinski definition) is 4. The van der Waals surface area contributed by atoms with Gasteiger partial charge >= 0.3 is 0 Å². The van der Waals surface area contributed by atoms with E-state index in [4.69, 9.17) is 0 Å². The largest absolute Gasteiger partial charge is 0.316 e. The fraction of sp³-hybridized carbons (Fsp3) is 0.692. The third-order valence-electron chi connectivity index (χ3n) is 3.59. The molecule has 1 fully saturated rings. The fourth-order valence-corrected chi connectivity index (χ4v) is 5.79. The van der Waals surface area contributed by atoms with Crippen molar-refractivity contribution in [2.75, 3.05) is 13.6 Å². The average molecular weight is 302 g/mol. The Morgan fingerprint density at radius 2 is 2.26 bits per heavy atom. The highest BCUT2D eigenvalue weighted by atomic mass is 32.2. The molecule has 0 aliphatic carbocycles. The maximum absolute atomic E-state index is 12.7. The molecule has 2 heterocycles. The van der Waals surface area contributed by atoms with Gasteiger partial charge in [0.1, 0.15) is 4.21 Å². The van der Waals surface area contributed by atoms with E-state index in [0.717, 1.165) is 18.4 Å². The number of hydrogen-bond donors (Lipinski definition) is 1. The summed E-state index contributed by atoms with van der Waals surface area (Å²) < 4.78 is 27.5. The van der Waals surface area contributed by atoms with E-state index < -0.39 is 10.0 Å². The van der Waals surface area contributed by atoms with Gasteiger partial charge in [-0.3, -0.25) is 0 Å². The summed E-state index contributed by atoms with van der Waals surface area (Å²) in [6.07, 6.45) is 1.95. The van der Waals surface area contributed by atoms with E-state index in [1.807, 2.05) is 12.4 Å². The minimum Gasteiger partial charge on any atom is -0.316 e. The molecule has 0 amide bonds. The van der Waals surface area contributed by atoms with E-state index in [1.54, 1.807) is 10.4 Å². The van der Waals surface area contributed by atoms with Crippen molar-refractivity contribution in [2.45, 2.75) is 43.5 Å². The molecule has 6 heteroatoms. The Bertz CT molecular complexity index is 523. The van der Waals surface area contributed by atoms with Crippen LogP contribution in [0.1, 0.15) is 32.3 Å². The maximum Gasteiger partial charge on any atom is 0.252 e. The van der Waals surface area contributed by atoms with Crippen LogP contribution in [0.2, 0.25) is 0 Å². The van der Waals surface area contributed by atoms with Crippen molar-refractivity contribution in [3.8, 4) is 0 Å². The van der Waals surface area contributed by atoms with Crippen LogP contribution < -0.4 is 5.32 Å². The lowest BCUT2D eigenvalue weighted by molar-refractivity contribution is 0.316. The molecule has 1 aliphatic heterocycles. The lowest BCUT2D eigenvalue weighted by Crippen LogP contribution is -2.38. The molecule has 0 saturated carbocycles. The Hall–Kier alpha value is -0.430. The smallest absolute Gasteiger partial charge is 0.252 e. The second kappa shape index (κ2) is 5.91. The van der Waals surface area contributed by atoms with Gasteiger partial charge in [-0.1, -0.05) is 13.8 Å². The van der Waals surface area contributed by atoms with E-state index in [-0.39, 0.29) is 6.04 Å². The molecule has 0 aromatic carbocycles. The Balaban J connectivity index is 2.25. The number of thiophene rings is 1. The van der Waals surface area contributed by atoms with Crippen LogP contribution in [-0.4, -0.2) is 32.4 Å². The molecule has 0 bridgehead atoms. The summed E-state index contributed by atoms with van der Waals surface area (Å²) in [4.78, 5) is 0. The van der Waals surface area contributed by atoms with Crippen LogP contribution in [0, 0.1) is 5.92 Å². The molecule has 19 heavy (non-hydrogen) atoms. The van der Waals surface area contributed by atoms with Gasteiger partial charge < -0.3 is 5.32 Å². The lowest BCUT2D eigenvalue weighted by atomic mass is 10.0. The monoisotopic (exact) mass is 302 g/mol. The third-order valence-corrected chi connectivity index (χ3v) is 6.98. The molecule has 1 saturated heterocycles. The zero-order chi connectivity index (χ0) is 14.0. The van der Waals surface area contributed by atoms with Gasteiger partial charge in [-0.2, -0.15) is 4.31 Å². The molecular formula is C13H22N2O2S2. The highest BCUT2D eigenvalue weighted by molar-refractivity contribution is 7.91. The van der Waals surface area contributed by atoms with Gasteiger partial charge in [-0.05, 0) is 42.8 Å². The van der Waals surface area contributed by atoms with Crippen molar-refractivity contribution in [3.63, 3.8) is 0 Å². The van der Waals surface area contributed by atoms with Crippen LogP contribution in [0.25, 0.3) is 0 Å². The zero-order valence-electron chi connectivity index (χ0n) is 11.7. The molecule has 1 aromatic rings. The Kier molecular flexibility index (Phi) is 4.66. The maximum atomic E-state index is 12.7. The van der Waals surface area contributed by atoms with Gasteiger partial charge in [0.2, 0.25) is 0 Å². The van der Waals surface area contributed by atoms with Crippen molar-refractivity contribution in [1.82, 2.24) is 9.62 Å². The van der Waals surface area contributed by atoms with Gasteiger partial charge in [0.15, 0.2) is 0 Å². The Labute approximate surface area is 119 Å². The fourth-order valence-electron chi connectivity index (χ4n) is 2.63. The van der Waals surface area contributed by atoms with Gasteiger partial charge in [0, 0.05) is 19.1 Å². The topological polar surface area (TPSA) is 49.4 Å². The summed E-state index contributed by atoms with van der Waals surface area (Å²) in [5, 5.41) is 4.96. The first kappa shape index (κ1) is 15.0. The van der Waals surface area contributed by atoms with Crippen LogP contribution in [0.3, 0.4) is 0 Å². The summed E-state index contributed by atoms with van der Waals surface area (Å²) in [7, 11) is -1.44. The van der Waals surface area contributed by atoms with Crippen molar-refractivity contribution in [2.24, 2.45) is 5.92 Å². The lowest BCUT2D eigenvalue weighted by Gasteiger charge is -2.26. The van der Waals surface area contributed by atoms with Gasteiger partial charge in [0.05, 0.1) is 0 Å². The number of rotatable bonds is 5. The van der Waals surface area contributed by atoms with Gasteiger partial charge in [-0.25, -0.2) is 8.42 Å². The number of nitrogens with zero attached hydrogens (tertiary/aromatic N) is 1. The average Bonchev–Trinajstić information content (AvgIpc) is 2.97. The highest BCUT2D eigenvalue weighted by Crippen LogP contribution is 2.32. The standard InChI is InChI=1S/C13H22N2O2S2/c1-10(2)12-5-4-6-15(12)19(16,17)13-7-11(8-14-3)9-18-13/h7,9-10,12,14H,4-6,8H2,1-3H3. The summed E-state index contributed by atoms with van der Waals surface area (Å²) >= 11 is 1.33. The molecule has 4 nitrogen and oxygen atoms in total. The minimum atomic E-state index is -3.31. The summed E-state index contributed by atoms with van der Waals surface area (Å²) in [5.74, 6) is 0.369. The molecule has 2 rings (SSSR count). The summed E-state index contributed by atoms with van der Waals surface area (Å²) in [6.45, 7) is 5.56. The molecule has 0 spiro atoms. The second-order valence-corrected chi connectivity index (χ2v) is 8.40. The summed E-state index contributed by atoms with van der Waals surface area (Å²) in [5.41, 5.74) is 1.03. The predicted octanol–water partition coefficient (Wildman–Crippen LogP) is 2.28. The van der Waals surface area contributed by atoms with Crippen molar-refractivity contribution >= 4 is 21.4 Å². The quantitative estimate of drug-likeness (QED) is 0.908. The first-order chi connectivity index (χ1) is 8.96. The normalized spacial score (nSPS) is 21.4. The van der Waals surface area contributed by atoms with E-state index in [9.17, 15) is 8.42 Å². The predicted molar refractivity (Wildman–Crippen MR) is 78.8 cm³/mol. The van der Waals surface area contributed by atoms with E-state index >= 15 is 0 Å². The SMILES string of the molecule is CNCc1csc(S(=O)(=O)N2CCCC2C(C)C)c1. The molecule has 0 radical (unpaired) electrons. The van der Waals surface area contributed by atoms with Gasteiger partial charge in [-0.15, -0.1) is 11.3 Å². The highest BCUT2D eigenvalue weighted by Gasteiger charge is 2.37. The zero-order valence-corrected chi connectivity index (χ0v) is 13.4. The van der Waals surface area contributed by atoms with Crippen LogP contribution in [0.4, 0.5) is 0 Å². The van der Waals surface area contributed by atoms with E-state index in [2.05, 4.69) is 19.2 Å². The number of nitrogens with one attached hydrogen (secondary N) is 1. The van der Waals surface area contributed by atoms with E-state index in [0.29, 0.717) is 23.2 Å². The molecule has 1 N–H and O–H groups in total. The molecule has 1 aliphatic rings. The van der Waals surface area contributed by atoms with Crippen molar-refractivity contribution in [3.05, 3.63) is 17.0 Å². The number of sulfonamides is 1. The van der Waals surface area contributed by atoms with E-state index in [1.165, 1.54) is 11.3 Å². The van der Waals surface area contributed by atoms with Crippen LogP contribution in [0.15, 0.2) is 15.7 Å². The van der Waals surface area contributed by atoms with Gasteiger partial charge in [0.25, 0.3) is 10.0 Å². The van der Waals surface area contributed by atoms with Crippen molar-refractivity contribution < 1.29 is 8.42 Å². The van der Waals surface area contributed by atoms with Crippen molar-refractivity contribution in [1.29, 1.82) is 0 Å². The minimum absolute atomic E-state index is 0.153. The Morgan fingerprint density at radius 3 is 2.89 bits per heavy atom. The van der Waals surface area contributed by atoms with Crippen LogP contribution in [-0.2, 0) is 16.6 Å². The first-order valence-electron chi connectivity index (χ1n) is 6.70. The Morgan fingerprint density at radius 1 is 1.53 bits per heavy atom. The second-order valence-electron chi connectivity index (χ2n) is 5.37. The van der Waals surface area contributed by atoms with Crippen LogP contribution in [0.5, 0.6) is 0 Å². The molecule has 108 valence electrons. The first-order valence-corrected chi connectivity index (χ1v) is 9.02. The third kappa shape index (κ3) is 3.02. The van der Waals surface area contributed by atoms with Crippen LogP contribution >= 0.6 is 11.3 Å². The molecule has 1 aromatic heterocycles.